The van der Waals surface area contributed by atoms with Gasteiger partial charge in [-0.05, 0) is 45.6 Å². The van der Waals surface area contributed by atoms with Crippen LogP contribution in [0.4, 0.5) is 0 Å². The summed E-state index contributed by atoms with van der Waals surface area (Å²) in [5.41, 5.74) is 2.85. The van der Waals surface area contributed by atoms with Gasteiger partial charge in [0, 0.05) is 18.0 Å². The largest absolute Gasteiger partial charge is 0.464 e. The molecule has 0 unspecified atom stereocenters. The molecule has 0 spiro atoms. The van der Waals surface area contributed by atoms with E-state index >= 15 is 0 Å². The van der Waals surface area contributed by atoms with Crippen molar-refractivity contribution in [2.75, 3.05) is 13.4 Å². The number of nitrogens with zero attached hydrogens (tertiary/aromatic N) is 3. The first-order valence-corrected chi connectivity index (χ1v) is 12.6. The molecule has 0 saturated heterocycles. The lowest BCUT2D eigenvalue weighted by Crippen LogP contribution is -2.11. The lowest BCUT2D eigenvalue weighted by atomic mass is 10.1. The van der Waals surface area contributed by atoms with Crippen LogP contribution < -0.4 is 0 Å². The third-order valence-electron chi connectivity index (χ3n) is 4.43. The maximum Gasteiger partial charge on any atom is 0.358 e. The first-order chi connectivity index (χ1) is 15.3. The van der Waals surface area contributed by atoms with E-state index in [1.807, 2.05) is 36.4 Å². The lowest BCUT2D eigenvalue weighted by Gasteiger charge is -2.09. The van der Waals surface area contributed by atoms with E-state index in [1.165, 1.54) is 23.0 Å². The number of fused-ring (bicyclic) bond motifs is 1. The number of hydrogen-bond acceptors (Lipinski definition) is 8. The zero-order valence-corrected chi connectivity index (χ0v) is 20.1. The van der Waals surface area contributed by atoms with Gasteiger partial charge >= 0.3 is 16.1 Å². The molecule has 0 amide bonds. The highest BCUT2D eigenvalue weighted by Gasteiger charge is 2.19. The van der Waals surface area contributed by atoms with Gasteiger partial charge in [-0.25, -0.2) is 9.78 Å². The number of benzene rings is 1. The first kappa shape index (κ1) is 22.2. The van der Waals surface area contributed by atoms with Gasteiger partial charge in [-0.15, -0.1) is 11.3 Å². The zero-order valence-electron chi connectivity index (χ0n) is 16.9. The molecule has 1 aromatic carbocycles. The number of ether oxygens (including phenoxy) is 1. The molecule has 0 aliphatic heterocycles. The molecule has 0 bridgehead atoms. The fourth-order valence-corrected chi connectivity index (χ4v) is 4.84. The quantitative estimate of drug-likeness (QED) is 0.155. The van der Waals surface area contributed by atoms with E-state index in [-0.39, 0.29) is 5.70 Å². The second kappa shape index (κ2) is 8.85. The van der Waals surface area contributed by atoms with Crippen molar-refractivity contribution in [2.24, 2.45) is 0 Å². The van der Waals surface area contributed by atoms with Crippen LogP contribution in [-0.2, 0) is 23.8 Å². The molecule has 164 valence electrons. The van der Waals surface area contributed by atoms with Crippen molar-refractivity contribution in [1.82, 2.24) is 14.5 Å². The van der Waals surface area contributed by atoms with Crippen molar-refractivity contribution < 1.29 is 22.1 Å². The van der Waals surface area contributed by atoms with Gasteiger partial charge in [0.15, 0.2) is 5.70 Å². The highest BCUT2D eigenvalue weighted by atomic mass is 79.9. The number of hydrogen-bond donors (Lipinski definition) is 0. The summed E-state index contributed by atoms with van der Waals surface area (Å²) in [5.74, 6) is -0.746. The highest BCUT2D eigenvalue weighted by Crippen LogP contribution is 2.38. The Balaban J connectivity index is 1.81. The summed E-state index contributed by atoms with van der Waals surface area (Å²) >= 11 is 5.05. The van der Waals surface area contributed by atoms with E-state index in [2.05, 4.69) is 20.9 Å². The number of halogens is 1. The summed E-state index contributed by atoms with van der Waals surface area (Å²) in [5, 5.41) is 1.60. The van der Waals surface area contributed by atoms with Gasteiger partial charge in [-0.1, -0.05) is 18.2 Å². The maximum absolute atomic E-state index is 12.3. The molecular weight excluding hydrogens is 518 g/mol. The Morgan fingerprint density at radius 2 is 2.03 bits per heavy atom. The molecular formula is C21H16BrN3O5S2. The number of thiazole rings is 1. The smallest absolute Gasteiger partial charge is 0.358 e. The number of carbonyl (C=O) groups is 1. The summed E-state index contributed by atoms with van der Waals surface area (Å²) in [6.07, 6.45) is 5.11. The normalized spacial score (nSPS) is 12.2. The number of esters is 1. The van der Waals surface area contributed by atoms with Crippen LogP contribution in [0.5, 0.6) is 0 Å². The van der Waals surface area contributed by atoms with Crippen molar-refractivity contribution in [2.45, 2.75) is 0 Å². The molecule has 3 heterocycles. The van der Waals surface area contributed by atoms with Crippen LogP contribution in [0.2, 0.25) is 0 Å². The van der Waals surface area contributed by atoms with Gasteiger partial charge in [0.1, 0.15) is 11.3 Å². The van der Waals surface area contributed by atoms with Crippen LogP contribution >= 0.6 is 27.3 Å². The van der Waals surface area contributed by atoms with Crippen LogP contribution in [0.25, 0.3) is 38.6 Å². The average Bonchev–Trinajstić information content (AvgIpc) is 3.37. The van der Waals surface area contributed by atoms with Gasteiger partial charge in [-0.3, -0.25) is 4.98 Å². The van der Waals surface area contributed by atoms with Crippen molar-refractivity contribution in [1.29, 1.82) is 0 Å². The number of rotatable bonds is 6. The maximum atomic E-state index is 12.3. The van der Waals surface area contributed by atoms with E-state index < -0.39 is 16.1 Å². The molecule has 0 radical (unpaired) electrons. The fraction of sp³-hybridized carbons (Fsp3) is 0.0952. The molecule has 4 rings (SSSR count). The number of carbonyl (C=O) groups excluding carboxylic acids is 1. The van der Waals surface area contributed by atoms with E-state index in [1.54, 1.807) is 18.5 Å². The zero-order chi connectivity index (χ0) is 22.9. The Hall–Kier alpha value is -3.02. The second-order valence-corrected chi connectivity index (χ2v) is 10.5. The minimum Gasteiger partial charge on any atom is -0.464 e. The monoisotopic (exact) mass is 533 g/mol. The molecule has 11 heteroatoms. The van der Waals surface area contributed by atoms with Crippen LogP contribution in [0.15, 0.2) is 64.9 Å². The van der Waals surface area contributed by atoms with Crippen molar-refractivity contribution in [3.63, 3.8) is 0 Å². The Morgan fingerprint density at radius 1 is 1.22 bits per heavy atom. The Labute approximate surface area is 196 Å². The predicted octanol–water partition coefficient (Wildman–Crippen LogP) is 4.54. The molecule has 0 aliphatic rings. The lowest BCUT2D eigenvalue weighted by molar-refractivity contribution is -0.134. The molecule has 0 atom stereocenters. The Kier molecular flexibility index (Phi) is 6.13. The number of pyridine rings is 1. The number of aromatic nitrogens is 3. The summed E-state index contributed by atoms with van der Waals surface area (Å²) in [4.78, 5) is 21.4. The van der Waals surface area contributed by atoms with Gasteiger partial charge in [0.25, 0.3) is 0 Å². The van der Waals surface area contributed by atoms with Crippen molar-refractivity contribution in [3.05, 3.63) is 64.9 Å². The third kappa shape index (κ3) is 4.59. The van der Waals surface area contributed by atoms with Crippen molar-refractivity contribution >= 4 is 60.0 Å². The van der Waals surface area contributed by atoms with Crippen LogP contribution in [0.1, 0.15) is 0 Å². The first-order valence-electron chi connectivity index (χ1n) is 9.13. The van der Waals surface area contributed by atoms with Crippen LogP contribution in [0.3, 0.4) is 0 Å². The summed E-state index contributed by atoms with van der Waals surface area (Å²) in [7, 11) is -2.60. The van der Waals surface area contributed by atoms with Gasteiger partial charge < -0.3 is 13.5 Å². The fourth-order valence-electron chi connectivity index (χ4n) is 3.00. The van der Waals surface area contributed by atoms with E-state index in [9.17, 15) is 13.2 Å². The Bertz CT molecular complexity index is 1440. The molecule has 32 heavy (non-hydrogen) atoms. The number of methoxy groups -OCH3 is 1. The molecule has 0 saturated carbocycles. The minimum atomic E-state index is -3.80. The topological polar surface area (TPSA) is 100 Å². The molecule has 0 aliphatic carbocycles. The molecule has 8 nitrogen and oxygen atoms in total. The molecule has 4 aromatic rings. The summed E-state index contributed by atoms with van der Waals surface area (Å²) < 4.78 is 34.7. The highest BCUT2D eigenvalue weighted by molar-refractivity contribution is 9.11. The molecule has 0 N–H and O–H groups in total. The third-order valence-corrected chi connectivity index (χ3v) is 6.60. The average molecular weight is 534 g/mol. The summed E-state index contributed by atoms with van der Waals surface area (Å²) in [6, 6.07) is 13.1. The van der Waals surface area contributed by atoms with E-state index in [4.69, 9.17) is 13.9 Å². The van der Waals surface area contributed by atoms with Gasteiger partial charge in [0.05, 0.1) is 34.1 Å². The minimum absolute atomic E-state index is 0.0865. The van der Waals surface area contributed by atoms with Gasteiger partial charge in [-0.2, -0.15) is 8.42 Å². The van der Waals surface area contributed by atoms with E-state index in [0.717, 1.165) is 43.6 Å². The van der Waals surface area contributed by atoms with E-state index in [0.29, 0.717) is 5.52 Å². The summed E-state index contributed by atoms with van der Waals surface area (Å²) in [6.45, 7) is 0. The van der Waals surface area contributed by atoms with Crippen LogP contribution in [-0.4, -0.2) is 42.3 Å². The Morgan fingerprint density at radius 3 is 2.72 bits per heavy atom. The second-order valence-electron chi connectivity index (χ2n) is 6.61. The SMILES string of the molecule is COC(=O)/C(=C\OS(C)(=O)=O)n1ccc2ccc(-c3nc(-c4ccccn4)sc3Br)cc21. The van der Waals surface area contributed by atoms with Crippen LogP contribution in [0, 0.1) is 0 Å². The predicted molar refractivity (Wildman–Crippen MR) is 126 cm³/mol. The standard InChI is InChI=1S/C21H16BrN3O5S2/c1-29-21(26)17(12-30-32(2,27)28)25-10-8-13-6-7-14(11-16(13)25)18-19(22)31-20(24-18)15-5-3-4-9-23-15/h3-12H,1-2H3/b17-12+. The van der Waals surface area contributed by atoms with Crippen molar-refractivity contribution in [3.8, 4) is 22.0 Å². The van der Waals surface area contributed by atoms with Gasteiger partial charge in [0.2, 0.25) is 0 Å². The molecule has 3 aromatic heterocycles. The molecule has 0 fully saturated rings.